The lowest BCUT2D eigenvalue weighted by Gasteiger charge is -2.24. The molecule has 0 heterocycles. The van der Waals surface area contributed by atoms with E-state index in [-0.39, 0.29) is 24.3 Å². The van der Waals surface area contributed by atoms with Gasteiger partial charge >= 0.3 is 12.1 Å². The Balaban J connectivity index is 2.79. The van der Waals surface area contributed by atoms with E-state index in [2.05, 4.69) is 5.32 Å². The average Bonchev–Trinajstić information content (AvgIpc) is 2.49. The van der Waals surface area contributed by atoms with Crippen molar-refractivity contribution in [3.8, 4) is 0 Å². The number of rotatable bonds is 8. The van der Waals surface area contributed by atoms with Crippen LogP contribution in [0.5, 0.6) is 0 Å². The van der Waals surface area contributed by atoms with Gasteiger partial charge in [-0.3, -0.25) is 14.9 Å². The Morgan fingerprint density at radius 2 is 1.96 bits per heavy atom. The van der Waals surface area contributed by atoms with E-state index in [4.69, 9.17) is 10.8 Å². The molecule has 0 saturated heterocycles. The highest BCUT2D eigenvalue weighted by Gasteiger charge is 2.55. The zero-order valence-corrected chi connectivity index (χ0v) is 13.1. The smallest absolute Gasteiger partial charge is 0.452 e. The number of ketones is 1. The summed E-state index contributed by atoms with van der Waals surface area (Å²) in [5, 5.41) is 22.4. The lowest BCUT2D eigenvalue weighted by molar-refractivity contribution is -0.384. The van der Waals surface area contributed by atoms with Crippen molar-refractivity contribution in [2.45, 2.75) is 31.5 Å². The molecular weight excluding hydrogens is 347 g/mol. The molecule has 1 aromatic carbocycles. The SMILES string of the molecule is Cc1ccc([N+](=O)[O-])c(NCCC[C@@](N)(C(=O)O)C(=O)C(F)(F)F)c1. The van der Waals surface area contributed by atoms with Gasteiger partial charge in [0, 0.05) is 12.6 Å². The zero-order chi connectivity index (χ0) is 19.4. The van der Waals surface area contributed by atoms with Crippen LogP contribution in [0, 0.1) is 17.0 Å². The summed E-state index contributed by atoms with van der Waals surface area (Å²) in [6.45, 7) is 1.58. The van der Waals surface area contributed by atoms with Crippen LogP contribution in [0.15, 0.2) is 18.2 Å². The summed E-state index contributed by atoms with van der Waals surface area (Å²) < 4.78 is 37.4. The van der Waals surface area contributed by atoms with Crippen molar-refractivity contribution in [3.63, 3.8) is 0 Å². The summed E-state index contributed by atoms with van der Waals surface area (Å²) in [7, 11) is 0. The number of anilines is 1. The standard InChI is InChI=1S/C14H16F3N3O5/c1-8-3-4-10(20(24)25)9(7-8)19-6-2-5-13(18,12(22)23)11(21)14(15,16)17/h3-4,7,19H,2,5-6,18H2,1H3,(H,22,23)/t13-/m0/s1. The van der Waals surface area contributed by atoms with Gasteiger partial charge in [0.05, 0.1) is 4.92 Å². The van der Waals surface area contributed by atoms with Gasteiger partial charge in [-0.1, -0.05) is 6.07 Å². The first-order chi connectivity index (χ1) is 11.4. The molecule has 4 N–H and O–H groups in total. The number of carbonyl (C=O) groups excluding carboxylic acids is 1. The van der Waals surface area contributed by atoms with Crippen LogP contribution in [0.4, 0.5) is 24.5 Å². The third kappa shape index (κ3) is 4.89. The molecule has 0 unspecified atom stereocenters. The van der Waals surface area contributed by atoms with Crippen molar-refractivity contribution in [1.82, 2.24) is 0 Å². The first-order valence-corrected chi connectivity index (χ1v) is 7.02. The molecule has 11 heteroatoms. The maximum Gasteiger partial charge on any atom is 0.452 e. The topological polar surface area (TPSA) is 136 Å². The summed E-state index contributed by atoms with van der Waals surface area (Å²) >= 11 is 0. The Hall–Kier alpha value is -2.69. The number of nitrogens with zero attached hydrogens (tertiary/aromatic N) is 1. The predicted octanol–water partition coefficient (Wildman–Crippen LogP) is 2.01. The van der Waals surface area contributed by atoms with E-state index in [0.29, 0.717) is 5.56 Å². The number of carbonyl (C=O) groups is 2. The highest BCUT2D eigenvalue weighted by molar-refractivity contribution is 6.09. The molecule has 138 valence electrons. The number of nitrogens with one attached hydrogen (secondary N) is 1. The van der Waals surface area contributed by atoms with Crippen molar-refractivity contribution in [2.24, 2.45) is 5.73 Å². The minimum Gasteiger partial charge on any atom is -0.480 e. The van der Waals surface area contributed by atoms with Crippen LogP contribution < -0.4 is 11.1 Å². The fraction of sp³-hybridized carbons (Fsp3) is 0.429. The fourth-order valence-corrected chi connectivity index (χ4v) is 2.11. The fourth-order valence-electron chi connectivity index (χ4n) is 2.11. The quantitative estimate of drug-likeness (QED) is 0.278. The van der Waals surface area contributed by atoms with E-state index >= 15 is 0 Å². The molecule has 0 spiro atoms. The number of halogens is 3. The van der Waals surface area contributed by atoms with Gasteiger partial charge in [0.1, 0.15) is 5.69 Å². The molecule has 0 aromatic heterocycles. The summed E-state index contributed by atoms with van der Waals surface area (Å²) in [4.78, 5) is 32.5. The third-order valence-corrected chi connectivity index (χ3v) is 3.46. The number of benzene rings is 1. The molecule has 0 aliphatic heterocycles. The van der Waals surface area contributed by atoms with E-state index in [1.54, 1.807) is 6.92 Å². The molecule has 25 heavy (non-hydrogen) atoms. The first kappa shape index (κ1) is 20.4. The van der Waals surface area contributed by atoms with Crippen LogP contribution in [0.3, 0.4) is 0 Å². The van der Waals surface area contributed by atoms with Crippen LogP contribution in [0.25, 0.3) is 0 Å². The summed E-state index contributed by atoms with van der Waals surface area (Å²) in [5.74, 6) is -4.63. The van der Waals surface area contributed by atoms with Gasteiger partial charge in [-0.15, -0.1) is 0 Å². The number of aliphatic carboxylic acids is 1. The van der Waals surface area contributed by atoms with E-state index in [1.807, 2.05) is 0 Å². The van der Waals surface area contributed by atoms with Crippen LogP contribution >= 0.6 is 0 Å². The van der Waals surface area contributed by atoms with E-state index in [9.17, 15) is 32.9 Å². The number of nitrogens with two attached hydrogens (primary N) is 1. The number of alkyl halides is 3. The highest BCUT2D eigenvalue weighted by atomic mass is 19.4. The summed E-state index contributed by atoms with van der Waals surface area (Å²) in [5.41, 5.74) is 2.64. The summed E-state index contributed by atoms with van der Waals surface area (Å²) in [6, 6.07) is 4.24. The molecule has 8 nitrogen and oxygen atoms in total. The first-order valence-electron chi connectivity index (χ1n) is 7.02. The monoisotopic (exact) mass is 363 g/mol. The number of aryl methyl sites for hydroxylation is 1. The van der Waals surface area contributed by atoms with Gasteiger partial charge in [0.25, 0.3) is 11.5 Å². The Kier molecular flexibility index (Phi) is 6.08. The van der Waals surface area contributed by atoms with Gasteiger partial charge in [-0.05, 0) is 31.4 Å². The molecule has 1 rings (SSSR count). The Labute approximate surface area is 140 Å². The number of carboxylic acid groups (broad SMARTS) is 1. The van der Waals surface area contributed by atoms with E-state index in [1.165, 1.54) is 18.2 Å². The van der Waals surface area contributed by atoms with Crippen molar-refractivity contribution in [2.75, 3.05) is 11.9 Å². The van der Waals surface area contributed by atoms with Gasteiger partial charge in [-0.25, -0.2) is 4.79 Å². The number of hydrogen-bond donors (Lipinski definition) is 3. The zero-order valence-electron chi connectivity index (χ0n) is 13.1. The van der Waals surface area contributed by atoms with Crippen LogP contribution in [0.1, 0.15) is 18.4 Å². The molecule has 0 amide bonds. The van der Waals surface area contributed by atoms with Gasteiger partial charge in [0.2, 0.25) is 0 Å². The Morgan fingerprint density at radius 1 is 1.36 bits per heavy atom. The largest absolute Gasteiger partial charge is 0.480 e. The van der Waals surface area contributed by atoms with Gasteiger partial charge in [-0.2, -0.15) is 13.2 Å². The van der Waals surface area contributed by atoms with Crippen LogP contribution in [-0.2, 0) is 9.59 Å². The number of hydrogen-bond acceptors (Lipinski definition) is 6. The average molecular weight is 363 g/mol. The molecule has 0 fully saturated rings. The number of nitro groups is 1. The Bertz CT molecular complexity index is 693. The van der Waals surface area contributed by atoms with Crippen molar-refractivity contribution >= 4 is 23.1 Å². The number of Topliss-reactive ketones (excluding diaryl/α,β-unsaturated/α-hetero) is 1. The third-order valence-electron chi connectivity index (χ3n) is 3.46. The molecule has 1 atom stereocenters. The molecule has 0 saturated carbocycles. The molecule has 0 radical (unpaired) electrons. The predicted molar refractivity (Wildman–Crippen MR) is 81.2 cm³/mol. The van der Waals surface area contributed by atoms with Gasteiger partial charge in [0.15, 0.2) is 5.54 Å². The molecular formula is C14H16F3N3O5. The lowest BCUT2D eigenvalue weighted by Crippen LogP contribution is -2.59. The van der Waals surface area contributed by atoms with E-state index in [0.717, 1.165) is 0 Å². The second kappa shape index (κ2) is 7.47. The van der Waals surface area contributed by atoms with Crippen LogP contribution in [0.2, 0.25) is 0 Å². The van der Waals surface area contributed by atoms with Gasteiger partial charge < -0.3 is 16.2 Å². The normalized spacial score (nSPS) is 13.8. The maximum atomic E-state index is 12.5. The maximum absolute atomic E-state index is 12.5. The lowest BCUT2D eigenvalue weighted by atomic mass is 9.89. The Morgan fingerprint density at radius 3 is 2.44 bits per heavy atom. The minimum atomic E-state index is -5.38. The molecule has 0 aliphatic carbocycles. The second-order valence-electron chi connectivity index (χ2n) is 5.41. The summed E-state index contributed by atoms with van der Waals surface area (Å²) in [6.07, 6.45) is -6.39. The van der Waals surface area contributed by atoms with Crippen molar-refractivity contribution < 1.29 is 32.8 Å². The second-order valence-corrected chi connectivity index (χ2v) is 5.41. The highest BCUT2D eigenvalue weighted by Crippen LogP contribution is 2.27. The molecule has 1 aromatic rings. The van der Waals surface area contributed by atoms with Crippen molar-refractivity contribution in [1.29, 1.82) is 0 Å². The minimum absolute atomic E-state index is 0.109. The molecule has 0 bridgehead atoms. The van der Waals surface area contributed by atoms with Crippen LogP contribution in [-0.4, -0.2) is 40.0 Å². The molecule has 0 aliphatic rings. The van der Waals surface area contributed by atoms with Crippen molar-refractivity contribution in [3.05, 3.63) is 33.9 Å². The number of nitro benzene ring substituents is 1. The number of carboxylic acids is 1. The van der Waals surface area contributed by atoms with E-state index < -0.39 is 34.8 Å².